The third-order valence-corrected chi connectivity index (χ3v) is 3.99. The monoisotopic (exact) mass is 389 g/mol. The van der Waals surface area contributed by atoms with Crippen LogP contribution < -0.4 is 21.1 Å². The molecule has 0 amide bonds. The van der Waals surface area contributed by atoms with Gasteiger partial charge in [-0.25, -0.2) is 9.97 Å². The number of nitrogens with two attached hydrogens (primary N) is 1. The molecule has 9 heteroatoms. The smallest absolute Gasteiger partial charge is 0.418 e. The second kappa shape index (κ2) is 8.03. The van der Waals surface area contributed by atoms with Gasteiger partial charge in [-0.2, -0.15) is 13.2 Å². The van der Waals surface area contributed by atoms with Gasteiger partial charge in [0.1, 0.15) is 17.8 Å². The van der Waals surface area contributed by atoms with Gasteiger partial charge in [0.15, 0.2) is 11.6 Å². The van der Waals surface area contributed by atoms with Gasteiger partial charge in [0.2, 0.25) is 0 Å². The Morgan fingerprint density at radius 1 is 1.00 bits per heavy atom. The summed E-state index contributed by atoms with van der Waals surface area (Å²) >= 11 is 0. The van der Waals surface area contributed by atoms with E-state index in [1.807, 2.05) is 24.3 Å². The fraction of sp³-hybridized carbons (Fsp3) is 0.158. The number of para-hydroxylation sites is 1. The van der Waals surface area contributed by atoms with Crippen molar-refractivity contribution in [1.82, 2.24) is 9.97 Å². The van der Waals surface area contributed by atoms with Crippen molar-refractivity contribution in [1.29, 1.82) is 0 Å². The number of hydrogen-bond acceptors (Lipinski definition) is 6. The van der Waals surface area contributed by atoms with Crippen LogP contribution in [0.2, 0.25) is 0 Å². The van der Waals surface area contributed by atoms with Gasteiger partial charge >= 0.3 is 6.18 Å². The predicted octanol–water partition coefficient (Wildman–Crippen LogP) is 4.44. The lowest BCUT2D eigenvalue weighted by Crippen LogP contribution is -2.11. The zero-order chi connectivity index (χ0) is 20.1. The highest BCUT2D eigenvalue weighted by Gasteiger charge is 2.33. The number of rotatable bonds is 6. The summed E-state index contributed by atoms with van der Waals surface area (Å²) in [7, 11) is 1.58. The Morgan fingerprint density at radius 2 is 1.68 bits per heavy atom. The first-order chi connectivity index (χ1) is 13.4. The number of nitrogens with zero attached hydrogens (tertiary/aromatic N) is 2. The fourth-order valence-corrected chi connectivity index (χ4v) is 2.53. The van der Waals surface area contributed by atoms with E-state index >= 15 is 0 Å². The second-order valence-electron chi connectivity index (χ2n) is 5.85. The van der Waals surface area contributed by atoms with Gasteiger partial charge in [-0.05, 0) is 29.8 Å². The number of halogens is 3. The van der Waals surface area contributed by atoms with Crippen molar-refractivity contribution in [2.45, 2.75) is 12.7 Å². The van der Waals surface area contributed by atoms with Crippen molar-refractivity contribution in [3.63, 3.8) is 0 Å². The van der Waals surface area contributed by atoms with E-state index in [1.54, 1.807) is 7.11 Å². The number of anilines is 4. The lowest BCUT2D eigenvalue weighted by atomic mass is 10.1. The van der Waals surface area contributed by atoms with Crippen LogP contribution in [0.5, 0.6) is 5.75 Å². The highest BCUT2D eigenvalue weighted by molar-refractivity contribution is 5.78. The molecular weight excluding hydrogens is 371 g/mol. The number of aromatic nitrogens is 2. The maximum Gasteiger partial charge on any atom is 0.418 e. The molecule has 0 spiro atoms. The van der Waals surface area contributed by atoms with Crippen molar-refractivity contribution in [2.75, 3.05) is 23.5 Å². The van der Waals surface area contributed by atoms with E-state index in [4.69, 9.17) is 10.5 Å². The molecular formula is C19H18F3N5O. The van der Waals surface area contributed by atoms with Gasteiger partial charge in [0.25, 0.3) is 0 Å². The normalized spacial score (nSPS) is 11.1. The van der Waals surface area contributed by atoms with Gasteiger partial charge in [-0.15, -0.1) is 0 Å². The summed E-state index contributed by atoms with van der Waals surface area (Å²) in [4.78, 5) is 8.03. The Balaban J connectivity index is 1.78. The Bertz CT molecular complexity index is 945. The molecule has 0 aliphatic rings. The zero-order valence-corrected chi connectivity index (χ0v) is 14.9. The zero-order valence-electron chi connectivity index (χ0n) is 14.9. The van der Waals surface area contributed by atoms with E-state index < -0.39 is 11.7 Å². The molecule has 0 saturated carbocycles. The molecule has 0 fully saturated rings. The third kappa shape index (κ3) is 4.43. The molecule has 0 saturated heterocycles. The lowest BCUT2D eigenvalue weighted by molar-refractivity contribution is -0.136. The SMILES string of the molecule is COc1ccc(CNc2ncnc(Nc3ccccc3C(F)(F)F)c2N)cc1. The summed E-state index contributed by atoms with van der Waals surface area (Å²) in [6.07, 6.45) is -3.27. The van der Waals surface area contributed by atoms with Crippen molar-refractivity contribution >= 4 is 23.0 Å². The van der Waals surface area contributed by atoms with Crippen LogP contribution in [-0.4, -0.2) is 17.1 Å². The first-order valence-corrected chi connectivity index (χ1v) is 8.29. The molecule has 28 heavy (non-hydrogen) atoms. The van der Waals surface area contributed by atoms with Crippen molar-refractivity contribution in [2.24, 2.45) is 0 Å². The van der Waals surface area contributed by atoms with Gasteiger partial charge in [-0.1, -0.05) is 24.3 Å². The lowest BCUT2D eigenvalue weighted by Gasteiger charge is -2.16. The first-order valence-electron chi connectivity index (χ1n) is 8.29. The number of benzene rings is 2. The quantitative estimate of drug-likeness (QED) is 0.578. The van der Waals surface area contributed by atoms with Gasteiger partial charge in [0, 0.05) is 6.54 Å². The van der Waals surface area contributed by atoms with Crippen LogP contribution in [0.25, 0.3) is 0 Å². The molecule has 0 aliphatic carbocycles. The van der Waals surface area contributed by atoms with Gasteiger partial charge in [0.05, 0.1) is 18.4 Å². The molecule has 6 nitrogen and oxygen atoms in total. The Labute approximate surface area is 159 Å². The van der Waals surface area contributed by atoms with E-state index in [0.717, 1.165) is 17.4 Å². The number of nitrogens with one attached hydrogen (secondary N) is 2. The topological polar surface area (TPSA) is 85.1 Å². The van der Waals surface area contributed by atoms with Crippen LogP contribution in [0, 0.1) is 0 Å². The van der Waals surface area contributed by atoms with Crippen molar-refractivity contribution in [3.8, 4) is 5.75 Å². The summed E-state index contributed by atoms with van der Waals surface area (Å²) in [5.41, 5.74) is 6.18. The highest BCUT2D eigenvalue weighted by Crippen LogP contribution is 2.36. The summed E-state index contributed by atoms with van der Waals surface area (Å²) in [6, 6.07) is 12.5. The highest BCUT2D eigenvalue weighted by atomic mass is 19.4. The molecule has 3 rings (SSSR count). The van der Waals surface area contributed by atoms with Crippen LogP contribution in [0.1, 0.15) is 11.1 Å². The van der Waals surface area contributed by atoms with Crippen LogP contribution >= 0.6 is 0 Å². The maximum atomic E-state index is 13.2. The molecule has 0 aliphatic heterocycles. The minimum Gasteiger partial charge on any atom is -0.497 e. The molecule has 2 aromatic carbocycles. The van der Waals surface area contributed by atoms with Crippen LogP contribution in [0.3, 0.4) is 0 Å². The number of alkyl halides is 3. The Kier molecular flexibility index (Phi) is 5.53. The standard InChI is InChI=1S/C19H18F3N5O/c1-28-13-8-6-12(7-9-13)10-24-17-16(23)18(26-11-25-17)27-15-5-3-2-4-14(15)19(20,21)22/h2-9,11H,10,23H2,1H3,(H2,24,25,26,27). The summed E-state index contributed by atoms with van der Waals surface area (Å²) in [5.74, 6) is 1.14. The molecule has 4 N–H and O–H groups in total. The van der Waals surface area contributed by atoms with E-state index in [2.05, 4.69) is 20.6 Å². The minimum atomic E-state index is -4.50. The van der Waals surface area contributed by atoms with Crippen LogP contribution in [-0.2, 0) is 12.7 Å². The Morgan fingerprint density at radius 3 is 2.36 bits per heavy atom. The summed E-state index contributed by atoms with van der Waals surface area (Å²) in [5, 5.41) is 5.71. The molecule has 146 valence electrons. The van der Waals surface area contributed by atoms with E-state index in [0.29, 0.717) is 12.4 Å². The van der Waals surface area contributed by atoms with Crippen LogP contribution in [0.4, 0.5) is 36.2 Å². The van der Waals surface area contributed by atoms with Crippen LogP contribution in [0.15, 0.2) is 54.9 Å². The second-order valence-corrected chi connectivity index (χ2v) is 5.85. The van der Waals surface area contributed by atoms with Crippen molar-refractivity contribution < 1.29 is 17.9 Å². The molecule has 0 atom stereocenters. The molecule has 1 aromatic heterocycles. The van der Waals surface area contributed by atoms with Gasteiger partial charge in [-0.3, -0.25) is 0 Å². The van der Waals surface area contributed by atoms with Crippen molar-refractivity contribution in [3.05, 3.63) is 66.0 Å². The van der Waals surface area contributed by atoms with E-state index in [1.165, 1.54) is 24.5 Å². The Hall–Kier alpha value is -3.49. The van der Waals surface area contributed by atoms with E-state index in [9.17, 15) is 13.2 Å². The number of nitrogen functional groups attached to an aromatic ring is 1. The third-order valence-electron chi connectivity index (χ3n) is 3.99. The number of ether oxygens (including phenoxy) is 1. The average Bonchev–Trinajstić information content (AvgIpc) is 2.68. The number of methoxy groups -OCH3 is 1. The maximum absolute atomic E-state index is 13.2. The largest absolute Gasteiger partial charge is 0.497 e. The molecule has 0 bridgehead atoms. The molecule has 0 radical (unpaired) electrons. The van der Waals surface area contributed by atoms with Gasteiger partial charge < -0.3 is 21.1 Å². The predicted molar refractivity (Wildman–Crippen MR) is 101 cm³/mol. The fourth-order valence-electron chi connectivity index (χ4n) is 2.53. The first kappa shape index (κ1) is 19.3. The summed E-state index contributed by atoms with van der Waals surface area (Å²) < 4.78 is 44.6. The molecule has 0 unspecified atom stereocenters. The van der Waals surface area contributed by atoms with E-state index in [-0.39, 0.29) is 17.2 Å². The summed E-state index contributed by atoms with van der Waals surface area (Å²) in [6.45, 7) is 0.420. The number of hydrogen-bond donors (Lipinski definition) is 3. The average molecular weight is 389 g/mol. The minimum absolute atomic E-state index is 0.0870. The molecule has 3 aromatic rings. The molecule has 1 heterocycles.